The van der Waals surface area contributed by atoms with Gasteiger partial charge in [-0.2, -0.15) is 0 Å². The summed E-state index contributed by atoms with van der Waals surface area (Å²) in [5.41, 5.74) is 3.41. The molecule has 1 heterocycles. The lowest BCUT2D eigenvalue weighted by atomic mass is 10.1. The van der Waals surface area contributed by atoms with Crippen LogP contribution in [-0.4, -0.2) is 29.0 Å². The van der Waals surface area contributed by atoms with Crippen molar-refractivity contribution in [3.05, 3.63) is 53.6 Å². The van der Waals surface area contributed by atoms with Crippen LogP contribution in [-0.2, 0) is 12.8 Å². The van der Waals surface area contributed by atoms with Crippen molar-refractivity contribution in [2.75, 3.05) is 14.2 Å². The zero-order chi connectivity index (χ0) is 17.8. The number of methoxy groups -OCH3 is 2. The van der Waals surface area contributed by atoms with Crippen molar-refractivity contribution in [3.63, 3.8) is 0 Å². The van der Waals surface area contributed by atoms with Gasteiger partial charge in [0.2, 0.25) is 0 Å². The van der Waals surface area contributed by atoms with Gasteiger partial charge in [0, 0.05) is 18.4 Å². The van der Waals surface area contributed by atoms with E-state index in [9.17, 15) is 0 Å². The first-order chi connectivity index (χ1) is 12.1. The monoisotopic (exact) mass is 355 g/mol. The van der Waals surface area contributed by atoms with Gasteiger partial charge >= 0.3 is 0 Å². The van der Waals surface area contributed by atoms with Crippen LogP contribution < -0.4 is 9.47 Å². The molecule has 0 spiro atoms. The molecule has 3 rings (SSSR count). The van der Waals surface area contributed by atoms with Crippen molar-refractivity contribution in [2.24, 2.45) is 7.05 Å². The van der Waals surface area contributed by atoms with Crippen LogP contribution in [0, 0.1) is 6.92 Å². The molecule has 6 heteroatoms. The number of benzene rings is 2. The molecule has 3 aromatic rings. The molecule has 0 bridgehead atoms. The highest BCUT2D eigenvalue weighted by Crippen LogP contribution is 2.33. The first-order valence-electron chi connectivity index (χ1n) is 7.93. The molecule has 5 nitrogen and oxygen atoms in total. The van der Waals surface area contributed by atoms with E-state index in [-0.39, 0.29) is 0 Å². The summed E-state index contributed by atoms with van der Waals surface area (Å²) in [5, 5.41) is 9.54. The van der Waals surface area contributed by atoms with Gasteiger partial charge in [0.1, 0.15) is 0 Å². The summed E-state index contributed by atoms with van der Waals surface area (Å²) in [4.78, 5) is 0. The summed E-state index contributed by atoms with van der Waals surface area (Å²) in [7, 11) is 5.29. The number of rotatable bonds is 6. The lowest BCUT2D eigenvalue weighted by Crippen LogP contribution is -1.97. The molecule has 0 aliphatic rings. The molecular formula is C19H21N3O2S. The Kier molecular flexibility index (Phi) is 5.28. The second-order valence-electron chi connectivity index (χ2n) is 5.65. The molecule has 0 fully saturated rings. The Morgan fingerprint density at radius 3 is 2.36 bits per heavy atom. The minimum atomic E-state index is 0.742. The molecular weight excluding hydrogens is 334 g/mol. The minimum absolute atomic E-state index is 0.742. The van der Waals surface area contributed by atoms with E-state index in [4.69, 9.17) is 9.47 Å². The Morgan fingerprint density at radius 1 is 1.00 bits per heavy atom. The molecule has 0 unspecified atom stereocenters. The van der Waals surface area contributed by atoms with E-state index in [1.54, 1.807) is 26.0 Å². The second-order valence-corrected chi connectivity index (χ2v) is 6.60. The van der Waals surface area contributed by atoms with Gasteiger partial charge in [-0.25, -0.2) is 0 Å². The molecule has 0 aliphatic heterocycles. The SMILES string of the molecule is COc1cc(C)c(CSc2nnc(-c3ccccc3)n2C)cc1OC. The minimum Gasteiger partial charge on any atom is -0.493 e. The van der Waals surface area contributed by atoms with Crippen LogP contribution in [0.4, 0.5) is 0 Å². The molecule has 2 aromatic carbocycles. The molecule has 0 aliphatic carbocycles. The Bertz CT molecular complexity index is 863. The smallest absolute Gasteiger partial charge is 0.191 e. The fourth-order valence-corrected chi connectivity index (χ4v) is 3.57. The average Bonchev–Trinajstić information content (AvgIpc) is 3.01. The molecule has 0 saturated carbocycles. The zero-order valence-corrected chi connectivity index (χ0v) is 15.6. The molecule has 25 heavy (non-hydrogen) atoms. The highest BCUT2D eigenvalue weighted by molar-refractivity contribution is 7.98. The molecule has 1 aromatic heterocycles. The van der Waals surface area contributed by atoms with E-state index in [1.807, 2.05) is 54.1 Å². The van der Waals surface area contributed by atoms with Gasteiger partial charge in [-0.3, -0.25) is 0 Å². The van der Waals surface area contributed by atoms with Gasteiger partial charge < -0.3 is 14.0 Å². The summed E-state index contributed by atoms with van der Waals surface area (Å²) in [5.74, 6) is 3.14. The Morgan fingerprint density at radius 2 is 1.68 bits per heavy atom. The van der Waals surface area contributed by atoms with Gasteiger partial charge in [-0.15, -0.1) is 10.2 Å². The summed E-state index contributed by atoms with van der Waals surface area (Å²) >= 11 is 1.66. The maximum atomic E-state index is 5.40. The third kappa shape index (κ3) is 3.64. The van der Waals surface area contributed by atoms with Crippen LogP contribution >= 0.6 is 11.8 Å². The largest absolute Gasteiger partial charge is 0.493 e. The topological polar surface area (TPSA) is 49.2 Å². The van der Waals surface area contributed by atoms with E-state index in [0.29, 0.717) is 0 Å². The Balaban J connectivity index is 1.80. The zero-order valence-electron chi connectivity index (χ0n) is 14.8. The quantitative estimate of drug-likeness (QED) is 0.623. The maximum Gasteiger partial charge on any atom is 0.191 e. The number of aryl methyl sites for hydroxylation is 1. The number of thioether (sulfide) groups is 1. The molecule has 0 saturated heterocycles. The van der Waals surface area contributed by atoms with Crippen LogP contribution in [0.5, 0.6) is 11.5 Å². The number of ether oxygens (including phenoxy) is 2. The predicted molar refractivity (Wildman–Crippen MR) is 100 cm³/mol. The van der Waals surface area contributed by atoms with Gasteiger partial charge in [0.05, 0.1) is 14.2 Å². The number of hydrogen-bond donors (Lipinski definition) is 0. The molecule has 0 N–H and O–H groups in total. The van der Waals surface area contributed by atoms with E-state index in [1.165, 1.54) is 5.56 Å². The van der Waals surface area contributed by atoms with Crippen molar-refractivity contribution < 1.29 is 9.47 Å². The lowest BCUT2D eigenvalue weighted by Gasteiger charge is -2.12. The van der Waals surface area contributed by atoms with Gasteiger partial charge in [0.25, 0.3) is 0 Å². The van der Waals surface area contributed by atoms with Crippen molar-refractivity contribution in [2.45, 2.75) is 17.8 Å². The number of nitrogens with zero attached hydrogens (tertiary/aromatic N) is 3. The van der Waals surface area contributed by atoms with E-state index < -0.39 is 0 Å². The van der Waals surface area contributed by atoms with Crippen molar-refractivity contribution in [1.29, 1.82) is 0 Å². The Labute approximate surface area is 152 Å². The number of hydrogen-bond acceptors (Lipinski definition) is 5. The fraction of sp³-hybridized carbons (Fsp3) is 0.263. The number of aromatic nitrogens is 3. The summed E-state index contributed by atoms with van der Waals surface area (Å²) in [6, 6.07) is 14.1. The Hall–Kier alpha value is -2.47. The summed E-state index contributed by atoms with van der Waals surface area (Å²) < 4.78 is 12.8. The van der Waals surface area contributed by atoms with Crippen LogP contribution in [0.15, 0.2) is 47.6 Å². The summed E-state index contributed by atoms with van der Waals surface area (Å²) in [6.45, 7) is 2.07. The molecule has 0 atom stereocenters. The normalized spacial score (nSPS) is 10.7. The van der Waals surface area contributed by atoms with Gasteiger partial charge in [-0.1, -0.05) is 42.1 Å². The van der Waals surface area contributed by atoms with E-state index in [0.717, 1.165) is 39.4 Å². The highest BCUT2D eigenvalue weighted by atomic mass is 32.2. The molecule has 130 valence electrons. The fourth-order valence-electron chi connectivity index (χ4n) is 2.60. The molecule has 0 amide bonds. The van der Waals surface area contributed by atoms with E-state index in [2.05, 4.69) is 17.1 Å². The van der Waals surface area contributed by atoms with E-state index >= 15 is 0 Å². The standard InChI is InChI=1S/C19H21N3O2S/c1-13-10-16(23-3)17(24-4)11-15(13)12-25-19-21-20-18(22(19)2)14-8-6-5-7-9-14/h5-11H,12H2,1-4H3. The van der Waals surface area contributed by atoms with Crippen molar-refractivity contribution in [3.8, 4) is 22.9 Å². The first kappa shape index (κ1) is 17.4. The molecule has 0 radical (unpaired) electrons. The van der Waals surface area contributed by atoms with Crippen LogP contribution in [0.2, 0.25) is 0 Å². The summed E-state index contributed by atoms with van der Waals surface area (Å²) in [6.07, 6.45) is 0. The van der Waals surface area contributed by atoms with Crippen molar-refractivity contribution >= 4 is 11.8 Å². The third-order valence-corrected chi connectivity index (χ3v) is 5.13. The maximum absolute atomic E-state index is 5.40. The van der Waals surface area contributed by atoms with Crippen molar-refractivity contribution in [1.82, 2.24) is 14.8 Å². The van der Waals surface area contributed by atoms with Gasteiger partial charge in [0.15, 0.2) is 22.5 Å². The average molecular weight is 355 g/mol. The van der Waals surface area contributed by atoms with Crippen LogP contribution in [0.25, 0.3) is 11.4 Å². The van der Waals surface area contributed by atoms with Crippen LogP contribution in [0.3, 0.4) is 0 Å². The third-order valence-electron chi connectivity index (χ3n) is 4.07. The second kappa shape index (κ2) is 7.61. The predicted octanol–water partition coefficient (Wildman–Crippen LogP) is 4.10. The highest BCUT2D eigenvalue weighted by Gasteiger charge is 2.13. The first-order valence-corrected chi connectivity index (χ1v) is 8.91. The van der Waals surface area contributed by atoms with Gasteiger partial charge in [-0.05, 0) is 30.2 Å². The lowest BCUT2D eigenvalue weighted by molar-refractivity contribution is 0.354. The van der Waals surface area contributed by atoms with Crippen LogP contribution in [0.1, 0.15) is 11.1 Å².